The molecule has 0 aromatic rings. The van der Waals surface area contributed by atoms with Crippen LogP contribution in [-0.4, -0.2) is 74.9 Å². The molecule has 2 rings (SSSR count). The lowest BCUT2D eigenvalue weighted by atomic mass is 9.98. The Hall–Kier alpha value is -0.160. The van der Waals surface area contributed by atoms with E-state index in [1.54, 1.807) is 0 Å². The summed E-state index contributed by atoms with van der Waals surface area (Å²) in [5.41, 5.74) is 0. The molecule has 2 heterocycles. The van der Waals surface area contributed by atoms with Gasteiger partial charge in [-0.2, -0.15) is 0 Å². The normalized spacial score (nSPS) is 27.0. The molecule has 0 amide bonds. The van der Waals surface area contributed by atoms with Gasteiger partial charge < -0.3 is 15.0 Å². The molecule has 2 fully saturated rings. The molecule has 118 valence electrons. The van der Waals surface area contributed by atoms with Gasteiger partial charge in [0.1, 0.15) is 0 Å². The Bertz CT molecular complexity index is 248. The predicted molar refractivity (Wildman–Crippen MR) is 84.2 cm³/mol. The lowest BCUT2D eigenvalue weighted by Crippen LogP contribution is -2.52. The van der Waals surface area contributed by atoms with Crippen LogP contribution in [-0.2, 0) is 4.74 Å². The van der Waals surface area contributed by atoms with Gasteiger partial charge in [-0.1, -0.05) is 13.8 Å². The SMILES string of the molecule is CCCNC(CN1CCN(CCC)CC1)C1CCOC1. The number of nitrogens with zero attached hydrogens (tertiary/aromatic N) is 2. The molecule has 0 aromatic carbocycles. The third kappa shape index (κ3) is 4.99. The summed E-state index contributed by atoms with van der Waals surface area (Å²) in [5, 5.41) is 3.76. The quantitative estimate of drug-likeness (QED) is 0.729. The smallest absolute Gasteiger partial charge is 0.0510 e. The Balaban J connectivity index is 1.75. The van der Waals surface area contributed by atoms with E-state index < -0.39 is 0 Å². The molecule has 0 radical (unpaired) electrons. The minimum Gasteiger partial charge on any atom is -0.381 e. The summed E-state index contributed by atoms with van der Waals surface area (Å²) in [6.45, 7) is 15.0. The van der Waals surface area contributed by atoms with Gasteiger partial charge in [0, 0.05) is 51.3 Å². The van der Waals surface area contributed by atoms with Gasteiger partial charge in [-0.05, 0) is 32.4 Å². The maximum absolute atomic E-state index is 5.59. The molecule has 20 heavy (non-hydrogen) atoms. The number of piperazine rings is 1. The number of rotatable bonds is 8. The van der Waals surface area contributed by atoms with E-state index in [0.29, 0.717) is 6.04 Å². The van der Waals surface area contributed by atoms with E-state index in [1.165, 1.54) is 58.5 Å². The fourth-order valence-corrected chi connectivity index (χ4v) is 3.37. The second kappa shape index (κ2) is 8.98. The lowest BCUT2D eigenvalue weighted by molar-refractivity contribution is 0.109. The molecule has 0 saturated carbocycles. The van der Waals surface area contributed by atoms with Gasteiger partial charge >= 0.3 is 0 Å². The Morgan fingerprint density at radius 1 is 1.10 bits per heavy atom. The molecule has 0 aromatic heterocycles. The average molecular weight is 283 g/mol. The Labute approximate surface area is 124 Å². The van der Waals surface area contributed by atoms with Crippen LogP contribution in [0, 0.1) is 5.92 Å². The second-order valence-electron chi connectivity index (χ2n) is 6.33. The molecule has 0 spiro atoms. The minimum atomic E-state index is 0.621. The first-order valence-electron chi connectivity index (χ1n) is 8.59. The van der Waals surface area contributed by atoms with Crippen LogP contribution in [0.1, 0.15) is 33.1 Å². The Morgan fingerprint density at radius 3 is 2.45 bits per heavy atom. The Kier molecular flexibility index (Phi) is 7.28. The van der Waals surface area contributed by atoms with Crippen LogP contribution in [0.4, 0.5) is 0 Å². The van der Waals surface area contributed by atoms with Crippen molar-refractivity contribution in [1.29, 1.82) is 0 Å². The summed E-state index contributed by atoms with van der Waals surface area (Å²) in [4.78, 5) is 5.25. The van der Waals surface area contributed by atoms with Crippen molar-refractivity contribution in [2.24, 2.45) is 5.92 Å². The van der Waals surface area contributed by atoms with Crippen molar-refractivity contribution in [3.05, 3.63) is 0 Å². The first-order valence-corrected chi connectivity index (χ1v) is 8.59. The van der Waals surface area contributed by atoms with Crippen LogP contribution in [0.25, 0.3) is 0 Å². The molecule has 2 saturated heterocycles. The molecular formula is C16H33N3O. The highest BCUT2D eigenvalue weighted by Gasteiger charge is 2.28. The third-order valence-corrected chi connectivity index (χ3v) is 4.65. The van der Waals surface area contributed by atoms with Crippen LogP contribution in [0.3, 0.4) is 0 Å². The van der Waals surface area contributed by atoms with Crippen molar-refractivity contribution in [3.63, 3.8) is 0 Å². The van der Waals surface area contributed by atoms with Crippen molar-refractivity contribution < 1.29 is 4.74 Å². The standard InChI is InChI=1S/C16H33N3O/c1-3-6-17-16(15-5-12-20-14-15)13-19-10-8-18(7-4-2)9-11-19/h15-17H,3-14H2,1-2H3. The molecule has 4 nitrogen and oxygen atoms in total. The van der Waals surface area contributed by atoms with E-state index in [-0.39, 0.29) is 0 Å². The van der Waals surface area contributed by atoms with Crippen LogP contribution in [0.2, 0.25) is 0 Å². The molecule has 4 heteroatoms. The fraction of sp³-hybridized carbons (Fsp3) is 1.00. The van der Waals surface area contributed by atoms with Gasteiger partial charge in [-0.3, -0.25) is 4.90 Å². The molecule has 0 bridgehead atoms. The molecule has 2 unspecified atom stereocenters. The van der Waals surface area contributed by atoms with Gasteiger partial charge in [0.15, 0.2) is 0 Å². The maximum Gasteiger partial charge on any atom is 0.0510 e. The maximum atomic E-state index is 5.59. The van der Waals surface area contributed by atoms with Crippen LogP contribution in [0.15, 0.2) is 0 Å². The zero-order valence-electron chi connectivity index (χ0n) is 13.4. The van der Waals surface area contributed by atoms with E-state index in [2.05, 4.69) is 29.0 Å². The van der Waals surface area contributed by atoms with Gasteiger partial charge in [0.05, 0.1) is 6.61 Å². The zero-order valence-corrected chi connectivity index (χ0v) is 13.4. The third-order valence-electron chi connectivity index (χ3n) is 4.65. The molecule has 2 aliphatic heterocycles. The van der Waals surface area contributed by atoms with E-state index in [1.807, 2.05) is 0 Å². The van der Waals surface area contributed by atoms with Crippen molar-refractivity contribution >= 4 is 0 Å². The second-order valence-corrected chi connectivity index (χ2v) is 6.33. The molecule has 0 aliphatic carbocycles. The lowest BCUT2D eigenvalue weighted by Gasteiger charge is -2.37. The summed E-state index contributed by atoms with van der Waals surface area (Å²) in [7, 11) is 0. The van der Waals surface area contributed by atoms with Crippen molar-refractivity contribution in [2.75, 3.05) is 59.0 Å². The van der Waals surface area contributed by atoms with E-state index in [4.69, 9.17) is 4.74 Å². The summed E-state index contributed by atoms with van der Waals surface area (Å²) in [5.74, 6) is 0.718. The molecule has 2 aliphatic rings. The number of hydrogen-bond donors (Lipinski definition) is 1. The van der Waals surface area contributed by atoms with Gasteiger partial charge in [-0.25, -0.2) is 0 Å². The van der Waals surface area contributed by atoms with Gasteiger partial charge in [0.2, 0.25) is 0 Å². The largest absolute Gasteiger partial charge is 0.381 e. The van der Waals surface area contributed by atoms with Crippen LogP contribution in [0.5, 0.6) is 0 Å². The molecule has 1 N–H and O–H groups in total. The van der Waals surface area contributed by atoms with Crippen molar-refractivity contribution in [2.45, 2.75) is 39.2 Å². The van der Waals surface area contributed by atoms with Crippen molar-refractivity contribution in [3.8, 4) is 0 Å². The van der Waals surface area contributed by atoms with E-state index >= 15 is 0 Å². The highest BCUT2D eigenvalue weighted by molar-refractivity contribution is 4.84. The van der Waals surface area contributed by atoms with E-state index in [9.17, 15) is 0 Å². The molecule has 2 atom stereocenters. The Morgan fingerprint density at radius 2 is 1.85 bits per heavy atom. The zero-order chi connectivity index (χ0) is 14.2. The van der Waals surface area contributed by atoms with Gasteiger partial charge in [0.25, 0.3) is 0 Å². The summed E-state index contributed by atoms with van der Waals surface area (Å²) >= 11 is 0. The minimum absolute atomic E-state index is 0.621. The first kappa shape index (κ1) is 16.2. The number of hydrogen-bond acceptors (Lipinski definition) is 4. The van der Waals surface area contributed by atoms with E-state index in [0.717, 1.165) is 25.7 Å². The predicted octanol–water partition coefficient (Wildman–Crippen LogP) is 1.42. The highest BCUT2D eigenvalue weighted by Crippen LogP contribution is 2.18. The van der Waals surface area contributed by atoms with Crippen LogP contribution < -0.4 is 5.32 Å². The van der Waals surface area contributed by atoms with Crippen molar-refractivity contribution in [1.82, 2.24) is 15.1 Å². The highest BCUT2D eigenvalue weighted by atomic mass is 16.5. The summed E-state index contributed by atoms with van der Waals surface area (Å²) in [6.07, 6.45) is 3.73. The summed E-state index contributed by atoms with van der Waals surface area (Å²) in [6, 6.07) is 0.621. The summed E-state index contributed by atoms with van der Waals surface area (Å²) < 4.78 is 5.59. The monoisotopic (exact) mass is 283 g/mol. The van der Waals surface area contributed by atoms with Crippen LogP contribution >= 0.6 is 0 Å². The fourth-order valence-electron chi connectivity index (χ4n) is 3.37. The van der Waals surface area contributed by atoms with Gasteiger partial charge in [-0.15, -0.1) is 0 Å². The average Bonchev–Trinajstić information content (AvgIpc) is 3.00. The topological polar surface area (TPSA) is 27.7 Å². The molecular weight excluding hydrogens is 250 g/mol. The number of nitrogens with one attached hydrogen (secondary N) is 1. The first-order chi connectivity index (χ1) is 9.83. The number of ether oxygens (including phenoxy) is 1.